The molecule has 12 heteroatoms. The molecule has 2 aromatic heterocycles. The van der Waals surface area contributed by atoms with Gasteiger partial charge in [0.1, 0.15) is 11.8 Å². The number of aromatic hydroxyl groups is 1. The normalized spacial score (nSPS) is 10.7. The van der Waals surface area contributed by atoms with Crippen LogP contribution in [-0.4, -0.2) is 37.7 Å². The zero-order valence-electron chi connectivity index (χ0n) is 16.4. The average Bonchev–Trinajstić information content (AvgIpc) is 2.78. The first-order valence-corrected chi connectivity index (χ1v) is 9.42. The Kier molecular flexibility index (Phi) is 6.81. The Morgan fingerprint density at radius 3 is 2.66 bits per heavy atom. The number of halogens is 2. The molecule has 1 aromatic carbocycles. The van der Waals surface area contributed by atoms with Crippen molar-refractivity contribution in [1.29, 1.82) is 0 Å². The summed E-state index contributed by atoms with van der Waals surface area (Å²) < 4.78 is 25.0. The largest absolute Gasteiger partial charge is 0.493 e. The topological polar surface area (TPSA) is 130 Å². The number of pyridine rings is 1. The van der Waals surface area contributed by atoms with Gasteiger partial charge >= 0.3 is 11.7 Å². The first kappa shape index (κ1) is 22.8. The summed E-state index contributed by atoms with van der Waals surface area (Å²) in [6, 6.07) is 5.91. The summed E-state index contributed by atoms with van der Waals surface area (Å²) in [5.74, 6) is -4.05. The van der Waals surface area contributed by atoms with E-state index in [9.17, 15) is 28.7 Å². The van der Waals surface area contributed by atoms with Crippen molar-refractivity contribution in [2.45, 2.75) is 13.7 Å². The van der Waals surface area contributed by atoms with Crippen LogP contribution in [0.2, 0.25) is 5.02 Å². The Morgan fingerprint density at radius 1 is 1.22 bits per heavy atom. The van der Waals surface area contributed by atoms with Crippen molar-refractivity contribution in [2.24, 2.45) is 0 Å². The van der Waals surface area contributed by atoms with Gasteiger partial charge in [-0.15, -0.1) is 0 Å². The highest BCUT2D eigenvalue weighted by Crippen LogP contribution is 2.27. The Balaban J connectivity index is 1.96. The van der Waals surface area contributed by atoms with Crippen molar-refractivity contribution in [3.05, 3.63) is 85.5 Å². The van der Waals surface area contributed by atoms with Crippen molar-refractivity contribution in [3.8, 4) is 11.6 Å². The van der Waals surface area contributed by atoms with Crippen LogP contribution in [0.25, 0.3) is 0 Å². The van der Waals surface area contributed by atoms with E-state index < -0.39 is 34.8 Å². The van der Waals surface area contributed by atoms with Gasteiger partial charge in [0.25, 0.3) is 11.5 Å². The third-order valence-corrected chi connectivity index (χ3v) is 4.39. The van der Waals surface area contributed by atoms with Crippen molar-refractivity contribution in [1.82, 2.24) is 14.1 Å². The molecule has 0 saturated carbocycles. The number of hydrogen-bond donors (Lipinski definition) is 1. The van der Waals surface area contributed by atoms with Crippen LogP contribution >= 0.6 is 11.6 Å². The van der Waals surface area contributed by atoms with Gasteiger partial charge in [0.05, 0.1) is 18.0 Å². The molecule has 0 amide bonds. The van der Waals surface area contributed by atoms with Gasteiger partial charge in [-0.3, -0.25) is 14.2 Å². The van der Waals surface area contributed by atoms with Gasteiger partial charge in [-0.05, 0) is 25.1 Å². The maximum atomic E-state index is 14.0. The molecule has 3 rings (SSSR count). The monoisotopic (exact) mass is 463 g/mol. The number of nitrogens with zero attached hydrogens (tertiary/aromatic N) is 3. The van der Waals surface area contributed by atoms with E-state index in [2.05, 4.69) is 4.98 Å². The van der Waals surface area contributed by atoms with E-state index in [1.807, 2.05) is 0 Å². The second-order valence-electron chi connectivity index (χ2n) is 6.24. The standard InChI is InChI=1S/C20H15ClFN3O7/c1-2-31-10-24-9-14(22)18(28)25(20(24)30)17(27)11-4-3-5-12(6-11)19(29)32-15-7-16(26)23-8-13(15)21/h3-9H,2,10H2,1H3,(H,23,26). The highest BCUT2D eigenvalue weighted by molar-refractivity contribution is 6.32. The lowest BCUT2D eigenvalue weighted by molar-refractivity contribution is 0.0734. The lowest BCUT2D eigenvalue weighted by Gasteiger charge is -2.10. The minimum Gasteiger partial charge on any atom is -0.493 e. The SMILES string of the molecule is CCOCn1cc(F)c(=O)n(C(=O)c2cccc(C(=O)Oc3cc(O)ncc3Cl)c2)c1=O. The number of esters is 1. The summed E-state index contributed by atoms with van der Waals surface area (Å²) in [5.41, 5.74) is -2.94. The second kappa shape index (κ2) is 9.54. The van der Waals surface area contributed by atoms with Gasteiger partial charge in [-0.25, -0.2) is 14.6 Å². The average molecular weight is 464 g/mol. The predicted octanol–water partition coefficient (Wildman–Crippen LogP) is 1.80. The molecule has 0 aliphatic rings. The zero-order valence-corrected chi connectivity index (χ0v) is 17.2. The third-order valence-electron chi connectivity index (χ3n) is 4.10. The summed E-state index contributed by atoms with van der Waals surface area (Å²) in [4.78, 5) is 53.4. The van der Waals surface area contributed by atoms with Gasteiger partial charge in [0.2, 0.25) is 11.7 Å². The van der Waals surface area contributed by atoms with Crippen LogP contribution in [0.5, 0.6) is 11.6 Å². The van der Waals surface area contributed by atoms with Crippen LogP contribution in [0, 0.1) is 5.82 Å². The second-order valence-corrected chi connectivity index (χ2v) is 6.65. The fraction of sp³-hybridized carbons (Fsp3) is 0.150. The fourth-order valence-electron chi connectivity index (χ4n) is 2.59. The maximum Gasteiger partial charge on any atom is 0.343 e. The van der Waals surface area contributed by atoms with E-state index in [4.69, 9.17) is 21.1 Å². The van der Waals surface area contributed by atoms with E-state index in [1.165, 1.54) is 18.2 Å². The molecular formula is C20H15ClFN3O7. The molecule has 0 saturated heterocycles. The molecule has 166 valence electrons. The molecule has 10 nitrogen and oxygen atoms in total. The molecular weight excluding hydrogens is 449 g/mol. The molecule has 0 aliphatic carbocycles. The van der Waals surface area contributed by atoms with Gasteiger partial charge in [0.15, 0.2) is 5.75 Å². The Labute approximate surface area is 184 Å². The quantitative estimate of drug-likeness (QED) is 0.548. The molecule has 0 unspecified atom stereocenters. The van der Waals surface area contributed by atoms with Crippen LogP contribution in [0.15, 0.2) is 52.3 Å². The first-order valence-electron chi connectivity index (χ1n) is 9.04. The van der Waals surface area contributed by atoms with Crippen molar-refractivity contribution < 1.29 is 28.6 Å². The van der Waals surface area contributed by atoms with E-state index in [0.717, 1.165) is 22.9 Å². The summed E-state index contributed by atoms with van der Waals surface area (Å²) >= 11 is 5.86. The minimum atomic E-state index is -1.44. The summed E-state index contributed by atoms with van der Waals surface area (Å²) in [7, 11) is 0. The molecule has 0 spiro atoms. The van der Waals surface area contributed by atoms with Gasteiger partial charge in [0, 0.05) is 18.2 Å². The van der Waals surface area contributed by atoms with E-state index in [0.29, 0.717) is 6.20 Å². The van der Waals surface area contributed by atoms with Gasteiger partial charge < -0.3 is 14.6 Å². The Bertz CT molecular complexity index is 1320. The number of benzene rings is 1. The maximum absolute atomic E-state index is 14.0. The molecule has 1 N–H and O–H groups in total. The van der Waals surface area contributed by atoms with Crippen molar-refractivity contribution in [2.75, 3.05) is 6.61 Å². The predicted molar refractivity (Wildman–Crippen MR) is 109 cm³/mol. The molecule has 0 radical (unpaired) electrons. The van der Waals surface area contributed by atoms with E-state index >= 15 is 0 Å². The molecule has 0 atom stereocenters. The summed E-state index contributed by atoms with van der Waals surface area (Å²) in [6.07, 6.45) is 1.72. The van der Waals surface area contributed by atoms with Crippen molar-refractivity contribution >= 4 is 23.5 Å². The highest BCUT2D eigenvalue weighted by atomic mass is 35.5. The van der Waals surface area contributed by atoms with Gasteiger partial charge in [-0.1, -0.05) is 17.7 Å². The van der Waals surface area contributed by atoms with Crippen LogP contribution in [0.3, 0.4) is 0 Å². The number of carbonyl (C=O) groups excluding carboxylic acids is 2. The van der Waals surface area contributed by atoms with Crippen molar-refractivity contribution in [3.63, 3.8) is 0 Å². The molecule has 0 aliphatic heterocycles. The van der Waals surface area contributed by atoms with Gasteiger partial charge in [-0.2, -0.15) is 8.96 Å². The van der Waals surface area contributed by atoms with Crippen LogP contribution in [-0.2, 0) is 11.5 Å². The number of aromatic nitrogens is 3. The molecule has 32 heavy (non-hydrogen) atoms. The Morgan fingerprint density at radius 2 is 1.94 bits per heavy atom. The summed E-state index contributed by atoms with van der Waals surface area (Å²) in [5, 5.41) is 9.35. The highest BCUT2D eigenvalue weighted by Gasteiger charge is 2.21. The van der Waals surface area contributed by atoms with E-state index in [-0.39, 0.29) is 39.8 Å². The molecule has 2 heterocycles. The molecule has 3 aromatic rings. The van der Waals surface area contributed by atoms with Crippen LogP contribution < -0.4 is 16.0 Å². The number of hydrogen-bond acceptors (Lipinski definition) is 8. The zero-order chi connectivity index (χ0) is 23.4. The Hall–Kier alpha value is -3.83. The fourth-order valence-corrected chi connectivity index (χ4v) is 2.73. The molecule has 0 fully saturated rings. The number of ether oxygens (including phenoxy) is 2. The van der Waals surface area contributed by atoms with E-state index in [1.54, 1.807) is 6.92 Å². The van der Waals surface area contributed by atoms with Crippen LogP contribution in [0.4, 0.5) is 4.39 Å². The number of rotatable bonds is 6. The number of carbonyl (C=O) groups is 2. The van der Waals surface area contributed by atoms with Crippen LogP contribution in [0.1, 0.15) is 27.6 Å². The lowest BCUT2D eigenvalue weighted by atomic mass is 10.1. The minimum absolute atomic E-state index is 0.0513. The smallest absolute Gasteiger partial charge is 0.343 e. The lowest BCUT2D eigenvalue weighted by Crippen LogP contribution is -2.45. The molecule has 0 bridgehead atoms. The summed E-state index contributed by atoms with van der Waals surface area (Å²) in [6.45, 7) is 1.49. The third kappa shape index (κ3) is 4.74. The first-order chi connectivity index (χ1) is 15.2.